The molecule has 0 unspecified atom stereocenters. The largest absolute Gasteiger partial charge is 0.465 e. The summed E-state index contributed by atoms with van der Waals surface area (Å²) in [5.74, 6) is 6.20. The lowest BCUT2D eigenvalue weighted by Gasteiger charge is -2.20. The van der Waals surface area contributed by atoms with Crippen LogP contribution >= 0.6 is 0 Å². The van der Waals surface area contributed by atoms with Gasteiger partial charge in [-0.3, -0.25) is 9.67 Å². The van der Waals surface area contributed by atoms with E-state index in [4.69, 9.17) is 9.47 Å². The lowest BCUT2D eigenvalue weighted by atomic mass is 10.1. The highest BCUT2D eigenvalue weighted by atomic mass is 16.6. The van der Waals surface area contributed by atoms with E-state index in [-0.39, 0.29) is 5.92 Å². The number of nitrogens with zero attached hydrogens (tertiary/aromatic N) is 3. The van der Waals surface area contributed by atoms with Crippen molar-refractivity contribution >= 4 is 12.1 Å². The molecule has 1 N–H and O–H groups in total. The molecule has 0 saturated carbocycles. The van der Waals surface area contributed by atoms with Gasteiger partial charge in [0, 0.05) is 25.7 Å². The van der Waals surface area contributed by atoms with Gasteiger partial charge in [0.25, 0.3) is 0 Å². The molecule has 1 atom stereocenters. The summed E-state index contributed by atoms with van der Waals surface area (Å²) in [6, 6.07) is 3.37. The third-order valence-electron chi connectivity index (χ3n) is 4.55. The average Bonchev–Trinajstić information content (AvgIpc) is 3.07. The highest BCUT2D eigenvalue weighted by molar-refractivity contribution is 5.90. The summed E-state index contributed by atoms with van der Waals surface area (Å²) in [7, 11) is 3.17. The van der Waals surface area contributed by atoms with Gasteiger partial charge in [-0.25, -0.2) is 9.59 Å². The summed E-state index contributed by atoms with van der Waals surface area (Å²) in [4.78, 5) is 28.2. The first kappa shape index (κ1) is 24.9. The number of esters is 1. The second kappa shape index (κ2) is 10.8. The van der Waals surface area contributed by atoms with Crippen LogP contribution in [0.25, 0.3) is 11.3 Å². The maximum absolute atomic E-state index is 11.9. The molecular formula is C24H32N4O4. The van der Waals surface area contributed by atoms with Gasteiger partial charge in [0.15, 0.2) is 0 Å². The zero-order valence-electron chi connectivity index (χ0n) is 19.9. The summed E-state index contributed by atoms with van der Waals surface area (Å²) < 4.78 is 11.8. The van der Waals surface area contributed by atoms with Crippen molar-refractivity contribution in [1.82, 2.24) is 20.1 Å². The number of pyridine rings is 1. The number of aryl methyl sites for hydroxylation is 2. The number of nitrogens with one attached hydrogen (secondary N) is 1. The molecule has 0 aromatic carbocycles. The lowest BCUT2D eigenvalue weighted by molar-refractivity contribution is 0.0518. The molecule has 2 aromatic rings. The van der Waals surface area contributed by atoms with E-state index in [0.717, 1.165) is 17.7 Å². The van der Waals surface area contributed by atoms with Crippen molar-refractivity contribution in [3.8, 4) is 23.1 Å². The molecule has 0 aliphatic carbocycles. The highest BCUT2D eigenvalue weighted by Gasteiger charge is 2.17. The minimum atomic E-state index is -0.511. The number of carbonyl (C=O) groups excluding carboxylic acids is 2. The van der Waals surface area contributed by atoms with Gasteiger partial charge in [0.2, 0.25) is 0 Å². The SMILES string of the molecule is COC(=O)c1cc(C)nc(-c2cnn(C)c2C#CCC[C@@H](C)CNC(=O)OC(C)(C)C)c1. The molecular weight excluding hydrogens is 408 g/mol. The Labute approximate surface area is 189 Å². The third kappa shape index (κ3) is 7.41. The smallest absolute Gasteiger partial charge is 0.407 e. The summed E-state index contributed by atoms with van der Waals surface area (Å²) >= 11 is 0. The number of ether oxygens (including phenoxy) is 2. The quantitative estimate of drug-likeness (QED) is 0.541. The van der Waals surface area contributed by atoms with E-state index in [9.17, 15) is 9.59 Å². The number of hydrogen-bond acceptors (Lipinski definition) is 6. The van der Waals surface area contributed by atoms with Crippen molar-refractivity contribution in [2.24, 2.45) is 13.0 Å². The minimum Gasteiger partial charge on any atom is -0.465 e. The molecule has 0 aliphatic rings. The number of aromatic nitrogens is 3. The van der Waals surface area contributed by atoms with E-state index >= 15 is 0 Å². The average molecular weight is 441 g/mol. The Morgan fingerprint density at radius 1 is 1.28 bits per heavy atom. The first-order valence-electron chi connectivity index (χ1n) is 10.5. The molecule has 2 heterocycles. The van der Waals surface area contributed by atoms with Gasteiger partial charge in [-0.2, -0.15) is 5.10 Å². The van der Waals surface area contributed by atoms with Gasteiger partial charge in [-0.05, 0) is 58.1 Å². The molecule has 1 amide bonds. The topological polar surface area (TPSA) is 95.3 Å². The van der Waals surface area contributed by atoms with Gasteiger partial charge in [0.1, 0.15) is 11.3 Å². The van der Waals surface area contributed by atoms with Crippen molar-refractivity contribution < 1.29 is 19.1 Å². The maximum atomic E-state index is 11.9. The molecule has 32 heavy (non-hydrogen) atoms. The fraction of sp³-hybridized carbons (Fsp3) is 0.500. The van der Waals surface area contributed by atoms with Crippen molar-refractivity contribution in [2.75, 3.05) is 13.7 Å². The lowest BCUT2D eigenvalue weighted by Crippen LogP contribution is -2.34. The fourth-order valence-electron chi connectivity index (χ4n) is 2.95. The third-order valence-corrected chi connectivity index (χ3v) is 4.55. The molecule has 0 fully saturated rings. The Kier molecular flexibility index (Phi) is 8.41. The first-order chi connectivity index (χ1) is 15.0. The van der Waals surface area contributed by atoms with Crippen molar-refractivity contribution in [2.45, 2.75) is 53.1 Å². The summed E-state index contributed by atoms with van der Waals surface area (Å²) in [5, 5.41) is 7.09. The Bertz CT molecular complexity index is 1020. The molecule has 0 spiro atoms. The van der Waals surface area contributed by atoms with Crippen LogP contribution < -0.4 is 5.32 Å². The second-order valence-electron chi connectivity index (χ2n) is 8.73. The number of rotatable bonds is 6. The Morgan fingerprint density at radius 3 is 2.66 bits per heavy atom. The van der Waals surface area contributed by atoms with E-state index in [2.05, 4.69) is 34.2 Å². The zero-order chi connectivity index (χ0) is 23.9. The van der Waals surface area contributed by atoms with E-state index in [1.807, 2.05) is 34.7 Å². The molecule has 0 aliphatic heterocycles. The van der Waals surface area contributed by atoms with Crippen LogP contribution in [0.5, 0.6) is 0 Å². The maximum Gasteiger partial charge on any atom is 0.407 e. The molecule has 8 nitrogen and oxygen atoms in total. The van der Waals surface area contributed by atoms with Gasteiger partial charge in [-0.1, -0.05) is 12.8 Å². The minimum absolute atomic E-state index is 0.254. The van der Waals surface area contributed by atoms with Crippen molar-refractivity contribution in [1.29, 1.82) is 0 Å². The van der Waals surface area contributed by atoms with Gasteiger partial charge in [0.05, 0.1) is 30.1 Å². The van der Waals surface area contributed by atoms with Crippen LogP contribution in [0.15, 0.2) is 18.3 Å². The number of hydrogen-bond donors (Lipinski definition) is 1. The van der Waals surface area contributed by atoms with Crippen LogP contribution in [0.3, 0.4) is 0 Å². The number of alkyl carbamates (subject to hydrolysis) is 1. The van der Waals surface area contributed by atoms with Gasteiger partial charge >= 0.3 is 12.1 Å². The molecule has 0 radical (unpaired) electrons. The first-order valence-corrected chi connectivity index (χ1v) is 10.5. The molecule has 8 heteroatoms. The summed E-state index contributed by atoms with van der Waals surface area (Å²) in [6.07, 6.45) is 2.77. The number of methoxy groups -OCH3 is 1. The molecule has 0 saturated heterocycles. The van der Waals surface area contributed by atoms with Crippen LogP contribution in [0.1, 0.15) is 62.3 Å². The Balaban J connectivity index is 2.03. The van der Waals surface area contributed by atoms with E-state index in [1.165, 1.54) is 7.11 Å². The van der Waals surface area contributed by atoms with E-state index in [0.29, 0.717) is 29.9 Å². The monoisotopic (exact) mass is 440 g/mol. The van der Waals surface area contributed by atoms with Crippen LogP contribution in [0.2, 0.25) is 0 Å². The number of carbonyl (C=O) groups is 2. The normalized spacial score (nSPS) is 11.8. The molecule has 172 valence electrons. The highest BCUT2D eigenvalue weighted by Crippen LogP contribution is 2.23. The summed E-state index contributed by atoms with van der Waals surface area (Å²) in [5.41, 5.74) is 2.73. The predicted octanol–water partition coefficient (Wildman–Crippen LogP) is 3.87. The predicted molar refractivity (Wildman–Crippen MR) is 122 cm³/mol. The van der Waals surface area contributed by atoms with E-state index < -0.39 is 17.7 Å². The molecule has 2 aromatic heterocycles. The Hall–Kier alpha value is -3.34. The standard InChI is InChI=1S/C24H32N4O4/c1-16(14-25-23(30)32-24(3,4)5)10-8-9-11-21-19(15-26-28(21)6)20-13-18(22(29)31-7)12-17(2)27-20/h12-13,15-16H,8,10,14H2,1-7H3,(H,25,30)/t16-/m1/s1. The van der Waals surface area contributed by atoms with Crippen LogP contribution in [0, 0.1) is 24.7 Å². The molecule has 2 rings (SSSR count). The Morgan fingerprint density at radius 2 is 2.00 bits per heavy atom. The fourth-order valence-corrected chi connectivity index (χ4v) is 2.95. The molecule has 0 bridgehead atoms. The van der Waals surface area contributed by atoms with Crippen LogP contribution in [0.4, 0.5) is 4.79 Å². The van der Waals surface area contributed by atoms with Gasteiger partial charge in [-0.15, -0.1) is 0 Å². The van der Waals surface area contributed by atoms with Gasteiger partial charge < -0.3 is 14.8 Å². The zero-order valence-corrected chi connectivity index (χ0v) is 19.9. The van der Waals surface area contributed by atoms with E-state index in [1.54, 1.807) is 23.0 Å². The second-order valence-corrected chi connectivity index (χ2v) is 8.73. The van der Waals surface area contributed by atoms with Crippen LogP contribution in [-0.2, 0) is 16.5 Å². The number of amides is 1. The van der Waals surface area contributed by atoms with Crippen LogP contribution in [-0.4, -0.2) is 46.1 Å². The van der Waals surface area contributed by atoms with Crippen molar-refractivity contribution in [3.05, 3.63) is 35.3 Å². The van der Waals surface area contributed by atoms with Crippen molar-refractivity contribution in [3.63, 3.8) is 0 Å². The summed E-state index contributed by atoms with van der Waals surface area (Å²) in [6.45, 7) is 9.91.